The average molecular weight is 281 g/mol. The topological polar surface area (TPSA) is 38.3 Å². The predicted octanol–water partition coefficient (Wildman–Crippen LogP) is 3.07. The molecule has 1 atom stereocenters. The third-order valence-electron chi connectivity index (χ3n) is 4.03. The summed E-state index contributed by atoms with van der Waals surface area (Å²) >= 11 is 0. The minimum absolute atomic E-state index is 0.121. The van der Waals surface area contributed by atoms with Gasteiger partial charge in [-0.1, -0.05) is 35.9 Å². The molecule has 1 aliphatic heterocycles. The number of benzene rings is 2. The second-order valence-corrected chi connectivity index (χ2v) is 5.45. The van der Waals surface area contributed by atoms with Gasteiger partial charge in [-0.05, 0) is 30.2 Å². The first-order chi connectivity index (χ1) is 10.2. The van der Waals surface area contributed by atoms with Crippen LogP contribution in [-0.2, 0) is 6.54 Å². The van der Waals surface area contributed by atoms with E-state index in [2.05, 4.69) is 17.4 Å². The fourth-order valence-corrected chi connectivity index (χ4v) is 2.93. The monoisotopic (exact) mass is 281 g/mol. The minimum Gasteiger partial charge on any atom is -0.496 e. The molecule has 0 radical (unpaired) electrons. The smallest absolute Gasteiger partial charge is 0.175 e. The number of Topliss-reactive ketones (excluding diaryl/α,β-unsaturated/α-hetero) is 1. The molecule has 1 heterocycles. The molecule has 3 nitrogen and oxygen atoms in total. The Labute approximate surface area is 124 Å². The minimum atomic E-state index is -0.148. The van der Waals surface area contributed by atoms with Crippen molar-refractivity contribution in [2.45, 2.75) is 19.4 Å². The molecule has 0 saturated heterocycles. The van der Waals surface area contributed by atoms with Crippen LogP contribution in [0.3, 0.4) is 0 Å². The highest BCUT2D eigenvalue weighted by atomic mass is 16.5. The van der Waals surface area contributed by atoms with Gasteiger partial charge < -0.3 is 10.1 Å². The molecule has 0 fully saturated rings. The van der Waals surface area contributed by atoms with Crippen LogP contribution in [-0.4, -0.2) is 19.4 Å². The van der Waals surface area contributed by atoms with Gasteiger partial charge in [-0.15, -0.1) is 0 Å². The van der Waals surface area contributed by atoms with E-state index in [0.29, 0.717) is 17.9 Å². The van der Waals surface area contributed by atoms with Crippen molar-refractivity contribution in [3.63, 3.8) is 0 Å². The van der Waals surface area contributed by atoms with Crippen molar-refractivity contribution in [3.05, 3.63) is 64.7 Å². The van der Waals surface area contributed by atoms with Crippen molar-refractivity contribution in [2.24, 2.45) is 0 Å². The zero-order valence-electron chi connectivity index (χ0n) is 12.3. The van der Waals surface area contributed by atoms with E-state index in [9.17, 15) is 4.79 Å². The Bertz CT molecular complexity index is 679. The summed E-state index contributed by atoms with van der Waals surface area (Å²) < 4.78 is 5.36. The van der Waals surface area contributed by atoms with Gasteiger partial charge in [0, 0.05) is 13.1 Å². The number of ether oxygens (including phenoxy) is 1. The Kier molecular flexibility index (Phi) is 3.76. The van der Waals surface area contributed by atoms with Gasteiger partial charge in [-0.2, -0.15) is 0 Å². The van der Waals surface area contributed by atoms with Gasteiger partial charge in [-0.25, -0.2) is 0 Å². The fourth-order valence-electron chi connectivity index (χ4n) is 2.93. The number of methoxy groups -OCH3 is 1. The lowest BCUT2D eigenvalue weighted by molar-refractivity contribution is 0.0952. The van der Waals surface area contributed by atoms with E-state index >= 15 is 0 Å². The van der Waals surface area contributed by atoms with Crippen molar-refractivity contribution in [1.29, 1.82) is 0 Å². The van der Waals surface area contributed by atoms with Crippen molar-refractivity contribution in [2.75, 3.05) is 13.7 Å². The van der Waals surface area contributed by atoms with Crippen LogP contribution in [0.1, 0.15) is 33.0 Å². The molecule has 0 saturated carbocycles. The van der Waals surface area contributed by atoms with Gasteiger partial charge in [0.05, 0.1) is 18.6 Å². The van der Waals surface area contributed by atoms with Gasteiger partial charge in [-0.3, -0.25) is 4.79 Å². The number of carbonyl (C=O) groups is 1. The maximum atomic E-state index is 13.0. The van der Waals surface area contributed by atoms with Crippen molar-refractivity contribution in [1.82, 2.24) is 5.32 Å². The van der Waals surface area contributed by atoms with Gasteiger partial charge in [0.1, 0.15) is 5.75 Å². The van der Waals surface area contributed by atoms with Crippen LogP contribution in [0.2, 0.25) is 0 Å². The van der Waals surface area contributed by atoms with E-state index < -0.39 is 0 Å². The summed E-state index contributed by atoms with van der Waals surface area (Å²) in [6.07, 6.45) is 0. The van der Waals surface area contributed by atoms with Gasteiger partial charge in [0.15, 0.2) is 5.78 Å². The Morgan fingerprint density at radius 1 is 1.24 bits per heavy atom. The summed E-state index contributed by atoms with van der Waals surface area (Å²) in [5.74, 6) is 0.620. The molecule has 2 aromatic carbocycles. The van der Waals surface area contributed by atoms with Crippen molar-refractivity contribution in [3.8, 4) is 5.75 Å². The SMILES string of the molecule is COc1ccc(C)cc1C(=O)C1CNCc2ccccc21. The van der Waals surface area contributed by atoms with Gasteiger partial charge >= 0.3 is 0 Å². The molecular formula is C18H19NO2. The molecule has 1 N–H and O–H groups in total. The maximum Gasteiger partial charge on any atom is 0.175 e. The molecule has 3 rings (SSSR count). The summed E-state index contributed by atoms with van der Waals surface area (Å²) in [4.78, 5) is 13.0. The normalized spacial score (nSPS) is 17.1. The molecule has 0 aliphatic carbocycles. The number of nitrogens with one attached hydrogen (secondary N) is 1. The molecule has 0 aromatic heterocycles. The number of carbonyl (C=O) groups excluding carboxylic acids is 1. The lowest BCUT2D eigenvalue weighted by Crippen LogP contribution is -2.32. The average Bonchev–Trinajstić information content (AvgIpc) is 2.53. The summed E-state index contributed by atoms with van der Waals surface area (Å²) in [5, 5.41) is 3.33. The summed E-state index contributed by atoms with van der Waals surface area (Å²) in [5.41, 5.74) is 4.07. The molecule has 108 valence electrons. The highest BCUT2D eigenvalue weighted by Gasteiger charge is 2.28. The van der Waals surface area contributed by atoms with Crippen LogP contribution in [0.25, 0.3) is 0 Å². The zero-order valence-corrected chi connectivity index (χ0v) is 12.3. The number of hydrogen-bond donors (Lipinski definition) is 1. The molecule has 2 aromatic rings. The number of hydrogen-bond acceptors (Lipinski definition) is 3. The first kappa shape index (κ1) is 13.8. The molecule has 0 bridgehead atoms. The van der Waals surface area contributed by atoms with Crippen molar-refractivity contribution >= 4 is 5.78 Å². The summed E-state index contributed by atoms with van der Waals surface area (Å²) in [6.45, 7) is 3.49. The molecule has 21 heavy (non-hydrogen) atoms. The first-order valence-electron chi connectivity index (χ1n) is 7.18. The van der Waals surface area contributed by atoms with E-state index in [4.69, 9.17) is 4.74 Å². The predicted molar refractivity (Wildman–Crippen MR) is 83.0 cm³/mol. The van der Waals surface area contributed by atoms with E-state index in [1.54, 1.807) is 7.11 Å². The standard InChI is InChI=1S/C18H19NO2/c1-12-7-8-17(21-2)15(9-12)18(20)16-11-19-10-13-5-3-4-6-14(13)16/h3-9,16,19H,10-11H2,1-2H3. The van der Waals surface area contributed by atoms with E-state index in [1.165, 1.54) is 5.56 Å². The van der Waals surface area contributed by atoms with Crippen LogP contribution < -0.4 is 10.1 Å². The quantitative estimate of drug-likeness (QED) is 0.879. The molecule has 0 spiro atoms. The number of fused-ring (bicyclic) bond motifs is 1. The Morgan fingerprint density at radius 3 is 2.86 bits per heavy atom. The van der Waals surface area contributed by atoms with E-state index in [1.807, 2.05) is 37.3 Å². The summed E-state index contributed by atoms with van der Waals surface area (Å²) in [7, 11) is 1.61. The molecule has 1 aliphatic rings. The third kappa shape index (κ3) is 2.57. The third-order valence-corrected chi connectivity index (χ3v) is 4.03. The number of ketones is 1. The largest absolute Gasteiger partial charge is 0.496 e. The fraction of sp³-hybridized carbons (Fsp3) is 0.278. The molecule has 0 amide bonds. The Morgan fingerprint density at radius 2 is 2.05 bits per heavy atom. The number of rotatable bonds is 3. The zero-order chi connectivity index (χ0) is 14.8. The highest BCUT2D eigenvalue weighted by Crippen LogP contribution is 2.30. The van der Waals surface area contributed by atoms with Gasteiger partial charge in [0.2, 0.25) is 0 Å². The van der Waals surface area contributed by atoms with E-state index in [-0.39, 0.29) is 11.7 Å². The Balaban J connectivity index is 2.02. The maximum absolute atomic E-state index is 13.0. The lowest BCUT2D eigenvalue weighted by atomic mass is 9.85. The van der Waals surface area contributed by atoms with Crippen molar-refractivity contribution < 1.29 is 9.53 Å². The Hall–Kier alpha value is -2.13. The highest BCUT2D eigenvalue weighted by molar-refractivity contribution is 6.03. The van der Waals surface area contributed by atoms with Crippen LogP contribution >= 0.6 is 0 Å². The van der Waals surface area contributed by atoms with Crippen LogP contribution in [0.15, 0.2) is 42.5 Å². The van der Waals surface area contributed by atoms with Crippen LogP contribution in [0, 0.1) is 6.92 Å². The molecule has 3 heteroatoms. The number of aryl methyl sites for hydroxylation is 1. The second kappa shape index (κ2) is 5.70. The van der Waals surface area contributed by atoms with Gasteiger partial charge in [0.25, 0.3) is 0 Å². The molecule has 1 unspecified atom stereocenters. The first-order valence-corrected chi connectivity index (χ1v) is 7.18. The van der Waals surface area contributed by atoms with E-state index in [0.717, 1.165) is 17.7 Å². The lowest BCUT2D eigenvalue weighted by Gasteiger charge is -2.26. The molecular weight excluding hydrogens is 262 g/mol. The summed E-state index contributed by atoms with van der Waals surface area (Å²) in [6, 6.07) is 13.9. The second-order valence-electron chi connectivity index (χ2n) is 5.45. The van der Waals surface area contributed by atoms with Crippen LogP contribution in [0.5, 0.6) is 5.75 Å². The van der Waals surface area contributed by atoms with Crippen LogP contribution in [0.4, 0.5) is 0 Å².